The molecule has 7 heteroatoms. The number of fused-ring (bicyclic) bond motifs is 13. The molecule has 7 nitrogen and oxygen atoms in total. The van der Waals surface area contributed by atoms with Crippen LogP contribution < -0.4 is 10.6 Å². The van der Waals surface area contributed by atoms with Crippen LogP contribution in [-0.2, 0) is 23.4 Å². The van der Waals surface area contributed by atoms with Gasteiger partial charge in [-0.15, -0.1) is 0 Å². The normalized spacial score (nSPS) is 24.2. The quantitative estimate of drug-likeness (QED) is 0.239. The predicted octanol–water partition coefficient (Wildman–Crippen LogP) is 7.12. The Labute approximate surface area is 250 Å². The summed E-state index contributed by atoms with van der Waals surface area (Å²) in [5.41, 5.74) is 8.38. The van der Waals surface area contributed by atoms with E-state index in [1.807, 2.05) is 49.4 Å². The van der Waals surface area contributed by atoms with Crippen molar-refractivity contribution in [1.82, 2.24) is 19.4 Å². The second kappa shape index (κ2) is 8.85. The van der Waals surface area contributed by atoms with E-state index in [1.165, 1.54) is 54.7 Å². The molecule has 0 unspecified atom stereocenters. The zero-order valence-corrected chi connectivity index (χ0v) is 24.7. The smallest absolute Gasteiger partial charge is 0.321 e. The Morgan fingerprint density at radius 1 is 0.907 bits per heavy atom. The van der Waals surface area contributed by atoms with Crippen molar-refractivity contribution in [2.24, 2.45) is 0 Å². The number of likely N-dealkylation sites (N-methyl/N-ethyl adjacent to an activating group) is 1. The van der Waals surface area contributed by atoms with E-state index >= 15 is 0 Å². The van der Waals surface area contributed by atoms with Gasteiger partial charge >= 0.3 is 6.03 Å². The second-order valence-corrected chi connectivity index (χ2v) is 12.8. The minimum atomic E-state index is -0.404. The summed E-state index contributed by atoms with van der Waals surface area (Å²) in [6.07, 6.45) is 1.50. The molecule has 0 saturated heterocycles. The Morgan fingerprint density at radius 3 is 2.26 bits per heavy atom. The van der Waals surface area contributed by atoms with Crippen LogP contribution in [0.4, 0.5) is 10.5 Å². The van der Waals surface area contributed by atoms with E-state index in [-0.39, 0.29) is 24.2 Å². The number of nitrogens with zero attached hydrogens (tertiary/aromatic N) is 3. The third kappa shape index (κ3) is 3.19. The Kier molecular flexibility index (Phi) is 5.18. The van der Waals surface area contributed by atoms with Crippen molar-refractivity contribution in [2.45, 2.75) is 56.6 Å². The second-order valence-electron chi connectivity index (χ2n) is 12.8. The van der Waals surface area contributed by atoms with Crippen LogP contribution >= 0.6 is 0 Å². The summed E-state index contributed by atoms with van der Waals surface area (Å²) in [5.74, 6) is 0. The van der Waals surface area contributed by atoms with E-state index in [4.69, 9.17) is 4.74 Å². The van der Waals surface area contributed by atoms with Gasteiger partial charge in [0.1, 0.15) is 6.10 Å². The van der Waals surface area contributed by atoms with Gasteiger partial charge in [-0.2, -0.15) is 0 Å². The first-order valence-corrected chi connectivity index (χ1v) is 15.3. The average Bonchev–Trinajstić information content (AvgIpc) is 3.71. The van der Waals surface area contributed by atoms with Crippen LogP contribution in [0.25, 0.3) is 43.6 Å². The minimum Gasteiger partial charge on any atom is -0.377 e. The van der Waals surface area contributed by atoms with Crippen molar-refractivity contribution >= 4 is 55.3 Å². The van der Waals surface area contributed by atoms with Crippen molar-refractivity contribution in [1.29, 1.82) is 0 Å². The highest BCUT2D eigenvalue weighted by Crippen LogP contribution is 2.55. The van der Waals surface area contributed by atoms with Gasteiger partial charge in [0.05, 0.1) is 22.6 Å². The van der Waals surface area contributed by atoms with Crippen molar-refractivity contribution in [3.63, 3.8) is 0 Å². The molecule has 1 fully saturated rings. The van der Waals surface area contributed by atoms with Gasteiger partial charge in [0.2, 0.25) is 0 Å². The highest BCUT2D eigenvalue weighted by molar-refractivity contribution is 6.25. The first-order chi connectivity index (χ1) is 21.0. The Hall–Kier alpha value is -4.33. The highest BCUT2D eigenvalue weighted by atomic mass is 16.5. The lowest BCUT2D eigenvalue weighted by Gasteiger charge is -2.51. The molecule has 0 spiro atoms. The van der Waals surface area contributed by atoms with Crippen molar-refractivity contribution in [2.75, 3.05) is 19.5 Å². The number of rotatable bonds is 3. The fourth-order valence-corrected chi connectivity index (χ4v) is 9.05. The zero-order chi connectivity index (χ0) is 29.0. The lowest BCUT2D eigenvalue weighted by Crippen LogP contribution is -2.60. The Bertz CT molecular complexity index is 2110. The number of anilines is 1. The third-order valence-corrected chi connectivity index (χ3v) is 10.7. The molecule has 1 saturated carbocycles. The number of hydrogen-bond donors (Lipinski definition) is 2. The summed E-state index contributed by atoms with van der Waals surface area (Å²) < 4.78 is 11.7. The molecule has 43 heavy (non-hydrogen) atoms. The highest BCUT2D eigenvalue weighted by Gasteiger charge is 2.53. The molecule has 2 aromatic heterocycles. The molecule has 6 aromatic rings. The lowest BCUT2D eigenvalue weighted by molar-refractivity contribution is -0.0745. The molecule has 4 heterocycles. The molecule has 1 aliphatic carbocycles. The van der Waals surface area contributed by atoms with E-state index in [1.54, 1.807) is 0 Å². The summed E-state index contributed by atoms with van der Waals surface area (Å²) in [6.45, 7) is 4.11. The number of methoxy groups -OCH3 is 1. The molecule has 4 atom stereocenters. The number of urea groups is 1. The number of carbonyl (C=O) groups is 1. The monoisotopic (exact) mass is 569 g/mol. The SMILES string of the molecule is CO[C@@H]1[C@H](N(C)C(=O)Nc2ccccc2)C[C@H]2C[C@]1(C)n1c3ccccc3c3c4c(c5c6ccccc6n2c5c31)CNC4. The molecule has 2 bridgehead atoms. The zero-order valence-electron chi connectivity index (χ0n) is 24.7. The first kappa shape index (κ1) is 25.2. The minimum absolute atomic E-state index is 0.118. The largest absolute Gasteiger partial charge is 0.377 e. The third-order valence-electron chi connectivity index (χ3n) is 10.7. The fraction of sp³-hybridized carbons (Fsp3) is 0.306. The number of benzene rings is 4. The lowest BCUT2D eigenvalue weighted by atomic mass is 9.74. The molecular formula is C36H35N5O2. The predicted molar refractivity (Wildman–Crippen MR) is 173 cm³/mol. The van der Waals surface area contributed by atoms with Crippen molar-refractivity contribution < 1.29 is 9.53 Å². The Balaban J connectivity index is 1.35. The number of nitrogens with one attached hydrogen (secondary N) is 2. The summed E-state index contributed by atoms with van der Waals surface area (Å²) in [4.78, 5) is 15.7. The Morgan fingerprint density at radius 2 is 1.53 bits per heavy atom. The number of amides is 2. The van der Waals surface area contributed by atoms with Crippen LogP contribution in [0.2, 0.25) is 0 Å². The van der Waals surface area contributed by atoms with Gasteiger partial charge in [-0.1, -0.05) is 54.6 Å². The van der Waals surface area contributed by atoms with Crippen molar-refractivity contribution in [3.05, 3.63) is 90.0 Å². The maximum Gasteiger partial charge on any atom is 0.321 e. The summed E-state index contributed by atoms with van der Waals surface area (Å²) in [5, 5.41) is 12.2. The van der Waals surface area contributed by atoms with Gasteiger partial charge in [-0.3, -0.25) is 0 Å². The van der Waals surface area contributed by atoms with E-state index in [2.05, 4.69) is 75.2 Å². The summed E-state index contributed by atoms with van der Waals surface area (Å²) in [7, 11) is 3.74. The topological polar surface area (TPSA) is 63.5 Å². The number of ether oxygens (including phenoxy) is 1. The van der Waals surface area contributed by atoms with E-state index in [0.29, 0.717) is 0 Å². The van der Waals surface area contributed by atoms with Gasteiger partial charge in [-0.25, -0.2) is 4.79 Å². The van der Waals surface area contributed by atoms with E-state index < -0.39 is 5.54 Å². The molecule has 9 rings (SSSR count). The van der Waals surface area contributed by atoms with E-state index in [0.717, 1.165) is 31.6 Å². The number of carbonyl (C=O) groups excluding carboxylic acids is 1. The van der Waals surface area contributed by atoms with Crippen LogP contribution in [0.15, 0.2) is 78.9 Å². The maximum absolute atomic E-state index is 13.8. The van der Waals surface area contributed by atoms with Crippen LogP contribution in [0.5, 0.6) is 0 Å². The molecule has 0 radical (unpaired) electrons. The number of hydrogen-bond acceptors (Lipinski definition) is 3. The maximum atomic E-state index is 13.8. The van der Waals surface area contributed by atoms with Crippen LogP contribution in [0.1, 0.15) is 36.9 Å². The molecule has 216 valence electrons. The van der Waals surface area contributed by atoms with Crippen LogP contribution in [0, 0.1) is 0 Å². The molecule has 2 N–H and O–H groups in total. The van der Waals surface area contributed by atoms with Crippen molar-refractivity contribution in [3.8, 4) is 0 Å². The molecule has 2 aliphatic heterocycles. The van der Waals surface area contributed by atoms with Crippen LogP contribution in [0.3, 0.4) is 0 Å². The van der Waals surface area contributed by atoms with Crippen LogP contribution in [-0.4, -0.2) is 46.4 Å². The molecular weight excluding hydrogens is 534 g/mol. The van der Waals surface area contributed by atoms with Gasteiger partial charge in [-0.05, 0) is 55.2 Å². The van der Waals surface area contributed by atoms with Gasteiger partial charge in [0.25, 0.3) is 0 Å². The van der Waals surface area contributed by atoms with Gasteiger partial charge in [0.15, 0.2) is 0 Å². The fourth-order valence-electron chi connectivity index (χ4n) is 9.05. The molecule has 2 amide bonds. The number of para-hydroxylation sites is 3. The van der Waals surface area contributed by atoms with Gasteiger partial charge < -0.3 is 29.4 Å². The van der Waals surface area contributed by atoms with E-state index in [9.17, 15) is 4.79 Å². The standard InChI is InChI=1S/C36H35N5O2/c1-36-18-22(17-29(34(36)43-3)39(2)35(42)38-21-11-5-4-6-12-21)40-27-15-9-7-13-23(27)30-25-19-37-20-26(25)31-24-14-8-10-16-28(24)41(36)33(31)32(30)40/h4-16,22,29,34,37H,17-20H2,1-3H3,(H,38,42)/t22-,29+,34+,36-/m0/s1. The molecule has 4 aromatic carbocycles. The number of aromatic nitrogens is 2. The molecule has 3 aliphatic rings. The first-order valence-electron chi connectivity index (χ1n) is 15.3. The summed E-state index contributed by atoms with van der Waals surface area (Å²) >= 11 is 0. The van der Waals surface area contributed by atoms with Gasteiger partial charge in [0, 0.05) is 71.6 Å². The average molecular weight is 570 g/mol. The summed E-state index contributed by atoms with van der Waals surface area (Å²) in [6, 6.07) is 27.4.